The van der Waals surface area contributed by atoms with Gasteiger partial charge in [0, 0.05) is 25.1 Å². The molecule has 6 nitrogen and oxygen atoms in total. The lowest BCUT2D eigenvalue weighted by Crippen LogP contribution is -2.62. The number of carbonyl (C=O) groups excluding carboxylic acids is 1. The molecule has 1 amide bonds. The fourth-order valence-corrected chi connectivity index (χ4v) is 3.29. The third-order valence-corrected chi connectivity index (χ3v) is 4.78. The molecule has 2 aromatic rings. The van der Waals surface area contributed by atoms with Crippen LogP contribution in [0.1, 0.15) is 5.56 Å². The Morgan fingerprint density at radius 1 is 1.19 bits per heavy atom. The number of amides is 1. The second-order valence-electron chi connectivity index (χ2n) is 6.09. The maximum absolute atomic E-state index is 11.8. The Morgan fingerprint density at radius 2 is 1.92 bits per heavy atom. The van der Waals surface area contributed by atoms with Gasteiger partial charge in [-0.15, -0.1) is 0 Å². The molecular weight excluding hydrogens is 332 g/mol. The van der Waals surface area contributed by atoms with E-state index < -0.39 is 5.60 Å². The summed E-state index contributed by atoms with van der Waals surface area (Å²) in [6.07, 6.45) is 4.86. The molecule has 136 valence electrons. The van der Waals surface area contributed by atoms with Crippen LogP contribution in [0.4, 0.5) is 0 Å². The number of aromatic nitrogens is 1. The second kappa shape index (κ2) is 7.17. The van der Waals surface area contributed by atoms with Crippen molar-refractivity contribution in [1.29, 1.82) is 0 Å². The summed E-state index contributed by atoms with van der Waals surface area (Å²) in [5.74, 6) is 1.21. The number of hydrogen-bond acceptors (Lipinski definition) is 5. The molecule has 0 unspecified atom stereocenters. The minimum absolute atomic E-state index is 0.0978. The van der Waals surface area contributed by atoms with Crippen molar-refractivity contribution in [1.82, 2.24) is 9.88 Å². The van der Waals surface area contributed by atoms with Crippen molar-refractivity contribution in [3.8, 4) is 22.6 Å². The predicted octanol–water partition coefficient (Wildman–Crippen LogP) is 2.64. The van der Waals surface area contributed by atoms with Crippen LogP contribution in [0, 0.1) is 0 Å². The highest BCUT2D eigenvalue weighted by Crippen LogP contribution is 2.42. The molecule has 1 aliphatic heterocycles. The Morgan fingerprint density at radius 3 is 2.54 bits per heavy atom. The van der Waals surface area contributed by atoms with Crippen molar-refractivity contribution in [3.63, 3.8) is 0 Å². The number of likely N-dealkylation sites (tertiary alicyclic amines) is 1. The van der Waals surface area contributed by atoms with E-state index in [1.54, 1.807) is 38.6 Å². The largest absolute Gasteiger partial charge is 0.493 e. The van der Waals surface area contributed by atoms with Crippen LogP contribution in [-0.4, -0.2) is 50.2 Å². The van der Waals surface area contributed by atoms with E-state index in [0.29, 0.717) is 24.6 Å². The smallest absolute Gasteiger partial charge is 0.246 e. The highest BCUT2D eigenvalue weighted by atomic mass is 16.5. The molecule has 1 aromatic heterocycles. The van der Waals surface area contributed by atoms with Gasteiger partial charge < -0.3 is 19.1 Å². The van der Waals surface area contributed by atoms with Gasteiger partial charge in [0.15, 0.2) is 11.5 Å². The third kappa shape index (κ3) is 2.93. The van der Waals surface area contributed by atoms with E-state index in [2.05, 4.69) is 11.6 Å². The van der Waals surface area contributed by atoms with Gasteiger partial charge in [0.25, 0.3) is 0 Å². The Balaban J connectivity index is 2.02. The SMILES string of the molecule is C=CC(=O)N1CC(OC)(c2ccncc2-c2ccc(OC)c(OC)c2)C1. The topological polar surface area (TPSA) is 60.9 Å². The standard InChI is InChI=1S/C20H22N2O4/c1-5-19(23)22-12-20(13-22,26-4)16-8-9-21-11-15(16)14-6-7-17(24-2)18(10-14)25-3/h5-11H,1,12-13H2,2-4H3. The number of carbonyl (C=O) groups is 1. The van der Waals surface area contributed by atoms with Gasteiger partial charge in [-0.05, 0) is 35.4 Å². The lowest BCUT2D eigenvalue weighted by molar-refractivity contribution is -0.159. The van der Waals surface area contributed by atoms with Crippen LogP contribution >= 0.6 is 0 Å². The lowest BCUT2D eigenvalue weighted by atomic mass is 9.82. The predicted molar refractivity (Wildman–Crippen MR) is 98.2 cm³/mol. The molecule has 0 atom stereocenters. The first-order chi connectivity index (χ1) is 12.6. The maximum Gasteiger partial charge on any atom is 0.246 e. The molecule has 2 heterocycles. The van der Waals surface area contributed by atoms with E-state index in [1.807, 2.05) is 24.3 Å². The van der Waals surface area contributed by atoms with Gasteiger partial charge in [-0.25, -0.2) is 0 Å². The van der Waals surface area contributed by atoms with Crippen molar-refractivity contribution in [2.24, 2.45) is 0 Å². The Kier molecular flexibility index (Phi) is 4.95. The molecule has 0 saturated carbocycles. The van der Waals surface area contributed by atoms with Crippen LogP contribution in [0.5, 0.6) is 11.5 Å². The molecule has 1 saturated heterocycles. The van der Waals surface area contributed by atoms with Gasteiger partial charge in [0.1, 0.15) is 5.60 Å². The van der Waals surface area contributed by atoms with E-state index in [0.717, 1.165) is 16.7 Å². The molecule has 1 aliphatic rings. The molecule has 26 heavy (non-hydrogen) atoms. The molecule has 0 bridgehead atoms. The second-order valence-corrected chi connectivity index (χ2v) is 6.09. The minimum atomic E-state index is -0.565. The van der Waals surface area contributed by atoms with Crippen molar-refractivity contribution >= 4 is 5.91 Å². The summed E-state index contributed by atoms with van der Waals surface area (Å²) in [7, 11) is 4.87. The zero-order valence-corrected chi connectivity index (χ0v) is 15.2. The van der Waals surface area contributed by atoms with Gasteiger partial charge in [0.05, 0.1) is 27.3 Å². The van der Waals surface area contributed by atoms with Gasteiger partial charge in [-0.3, -0.25) is 9.78 Å². The fraction of sp³-hybridized carbons (Fsp3) is 0.300. The summed E-state index contributed by atoms with van der Waals surface area (Å²) in [5, 5.41) is 0. The summed E-state index contributed by atoms with van der Waals surface area (Å²) in [6, 6.07) is 7.66. The number of hydrogen-bond donors (Lipinski definition) is 0. The van der Waals surface area contributed by atoms with Crippen LogP contribution in [-0.2, 0) is 15.1 Å². The number of ether oxygens (including phenoxy) is 3. The van der Waals surface area contributed by atoms with Gasteiger partial charge in [0.2, 0.25) is 5.91 Å². The average Bonchev–Trinajstić information content (AvgIpc) is 2.67. The number of methoxy groups -OCH3 is 3. The van der Waals surface area contributed by atoms with E-state index in [-0.39, 0.29) is 5.91 Å². The first-order valence-electron chi connectivity index (χ1n) is 8.22. The first kappa shape index (κ1) is 17.9. The maximum atomic E-state index is 11.8. The van der Waals surface area contributed by atoms with Crippen molar-refractivity contribution in [2.45, 2.75) is 5.60 Å². The Bertz CT molecular complexity index is 828. The highest BCUT2D eigenvalue weighted by Gasteiger charge is 2.47. The molecule has 6 heteroatoms. The summed E-state index contributed by atoms with van der Waals surface area (Å²) in [6.45, 7) is 4.48. The van der Waals surface area contributed by atoms with Crippen LogP contribution in [0.3, 0.4) is 0 Å². The number of rotatable bonds is 6. The molecule has 1 aromatic carbocycles. The monoisotopic (exact) mass is 354 g/mol. The molecule has 0 aliphatic carbocycles. The average molecular weight is 354 g/mol. The van der Waals surface area contributed by atoms with Crippen molar-refractivity contribution in [3.05, 3.63) is 54.9 Å². The quantitative estimate of drug-likeness (QED) is 0.747. The third-order valence-electron chi connectivity index (χ3n) is 4.78. The number of pyridine rings is 1. The molecule has 1 fully saturated rings. The Labute approximate surface area is 153 Å². The van der Waals surface area contributed by atoms with Gasteiger partial charge in [-0.1, -0.05) is 12.6 Å². The Hall–Kier alpha value is -2.86. The normalized spacial score (nSPS) is 15.1. The summed E-state index contributed by atoms with van der Waals surface area (Å²) in [5.41, 5.74) is 2.29. The van der Waals surface area contributed by atoms with Gasteiger partial charge in [-0.2, -0.15) is 0 Å². The minimum Gasteiger partial charge on any atom is -0.493 e. The van der Waals surface area contributed by atoms with E-state index in [9.17, 15) is 4.79 Å². The van der Waals surface area contributed by atoms with E-state index in [4.69, 9.17) is 14.2 Å². The van der Waals surface area contributed by atoms with Crippen LogP contribution in [0.15, 0.2) is 49.3 Å². The molecule has 0 N–H and O–H groups in total. The van der Waals surface area contributed by atoms with Crippen molar-refractivity contribution in [2.75, 3.05) is 34.4 Å². The molecule has 0 radical (unpaired) electrons. The first-order valence-corrected chi connectivity index (χ1v) is 8.22. The lowest BCUT2D eigenvalue weighted by Gasteiger charge is -2.49. The van der Waals surface area contributed by atoms with Crippen LogP contribution < -0.4 is 9.47 Å². The number of nitrogens with zero attached hydrogens (tertiary/aromatic N) is 2. The molecule has 0 spiro atoms. The van der Waals surface area contributed by atoms with Crippen molar-refractivity contribution < 1.29 is 19.0 Å². The summed E-state index contributed by atoms with van der Waals surface area (Å²) < 4.78 is 16.6. The zero-order chi connectivity index (χ0) is 18.7. The highest BCUT2D eigenvalue weighted by molar-refractivity contribution is 5.88. The molecule has 3 rings (SSSR count). The fourth-order valence-electron chi connectivity index (χ4n) is 3.29. The zero-order valence-electron chi connectivity index (χ0n) is 15.2. The van der Waals surface area contributed by atoms with Crippen LogP contribution in [0.2, 0.25) is 0 Å². The summed E-state index contributed by atoms with van der Waals surface area (Å²) in [4.78, 5) is 17.8. The van der Waals surface area contributed by atoms with Crippen LogP contribution in [0.25, 0.3) is 11.1 Å². The van der Waals surface area contributed by atoms with E-state index in [1.165, 1.54) is 6.08 Å². The number of benzene rings is 1. The summed E-state index contributed by atoms with van der Waals surface area (Å²) >= 11 is 0. The van der Waals surface area contributed by atoms with E-state index >= 15 is 0 Å². The van der Waals surface area contributed by atoms with Gasteiger partial charge >= 0.3 is 0 Å². The molecular formula is C20H22N2O4.